The number of fused-ring (bicyclic) bond motifs is 1. The predicted molar refractivity (Wildman–Crippen MR) is 77.9 cm³/mol. The molecule has 2 heteroatoms. The van der Waals surface area contributed by atoms with E-state index in [-0.39, 0.29) is 0 Å². The Morgan fingerprint density at radius 1 is 1.00 bits per heavy atom. The number of benzene rings is 1. The van der Waals surface area contributed by atoms with Crippen LogP contribution in [0.25, 0.3) is 0 Å². The lowest BCUT2D eigenvalue weighted by molar-refractivity contribution is -0.901. The number of hydrogen-bond acceptors (Lipinski definition) is 0. The number of hydrogen-bond donors (Lipinski definition) is 0. The molecule has 2 rings (SSSR count). The van der Waals surface area contributed by atoms with E-state index in [1.54, 1.807) is 11.1 Å². The van der Waals surface area contributed by atoms with Crippen molar-refractivity contribution < 1.29 is 4.48 Å². The van der Waals surface area contributed by atoms with E-state index < -0.39 is 8.07 Å². The molecule has 0 N–H and O–H groups in total. The standard InChI is InChI=1S/C15H26NSi/c1-16(2,3)14-11-15(17(4,5)6)13-10-8-7-9-12(13)14/h7-10,14-15H,11H2,1-6H3/q+1. The summed E-state index contributed by atoms with van der Waals surface area (Å²) in [6.45, 7) is 7.52. The highest BCUT2D eigenvalue weighted by Crippen LogP contribution is 2.48. The zero-order chi connectivity index (χ0) is 12.8. The maximum atomic E-state index is 2.51. The van der Waals surface area contributed by atoms with Crippen LogP contribution in [0.2, 0.25) is 19.6 Å². The first kappa shape index (κ1) is 12.8. The van der Waals surface area contributed by atoms with Crippen LogP contribution in [0.4, 0.5) is 0 Å². The van der Waals surface area contributed by atoms with E-state index >= 15 is 0 Å². The first-order valence-electron chi connectivity index (χ1n) is 6.61. The van der Waals surface area contributed by atoms with Gasteiger partial charge >= 0.3 is 0 Å². The monoisotopic (exact) mass is 248 g/mol. The number of nitrogens with zero attached hydrogens (tertiary/aromatic N) is 1. The minimum Gasteiger partial charge on any atom is -0.325 e. The van der Waals surface area contributed by atoms with Crippen LogP contribution in [0.1, 0.15) is 29.1 Å². The Labute approximate surface area is 107 Å². The van der Waals surface area contributed by atoms with Gasteiger partial charge in [0.15, 0.2) is 0 Å². The molecule has 0 saturated carbocycles. The molecule has 0 aromatic heterocycles. The van der Waals surface area contributed by atoms with Gasteiger partial charge in [0.25, 0.3) is 0 Å². The molecule has 0 fully saturated rings. The van der Waals surface area contributed by atoms with E-state index in [4.69, 9.17) is 0 Å². The van der Waals surface area contributed by atoms with Gasteiger partial charge < -0.3 is 4.48 Å². The van der Waals surface area contributed by atoms with Crippen LogP contribution in [-0.4, -0.2) is 33.7 Å². The minimum absolute atomic E-state index is 0.683. The third-order valence-corrected chi connectivity index (χ3v) is 6.81. The Hall–Kier alpha value is -0.603. The lowest BCUT2D eigenvalue weighted by Crippen LogP contribution is -2.38. The molecule has 0 saturated heterocycles. The molecule has 0 bridgehead atoms. The molecule has 0 spiro atoms. The second-order valence-corrected chi connectivity index (χ2v) is 12.8. The van der Waals surface area contributed by atoms with Gasteiger partial charge in [-0.25, -0.2) is 0 Å². The highest BCUT2D eigenvalue weighted by atomic mass is 28.3. The van der Waals surface area contributed by atoms with E-state index in [0.29, 0.717) is 6.04 Å². The van der Waals surface area contributed by atoms with Crippen molar-refractivity contribution in [3.8, 4) is 0 Å². The fourth-order valence-corrected chi connectivity index (χ4v) is 5.29. The number of rotatable bonds is 2. The fourth-order valence-electron chi connectivity index (χ4n) is 3.16. The van der Waals surface area contributed by atoms with Crippen molar-refractivity contribution in [2.45, 2.75) is 37.6 Å². The van der Waals surface area contributed by atoms with Gasteiger partial charge in [0.05, 0.1) is 29.2 Å². The minimum atomic E-state index is -1.11. The van der Waals surface area contributed by atoms with Gasteiger partial charge in [-0.1, -0.05) is 43.9 Å². The molecule has 17 heavy (non-hydrogen) atoms. The fraction of sp³-hybridized carbons (Fsp3) is 0.600. The molecule has 1 aromatic rings. The Balaban J connectivity index is 2.47. The molecule has 1 aliphatic rings. The summed E-state index contributed by atoms with van der Waals surface area (Å²) < 4.78 is 1.05. The molecule has 1 aliphatic carbocycles. The zero-order valence-corrected chi connectivity index (χ0v) is 13.1. The maximum absolute atomic E-state index is 2.51. The quantitative estimate of drug-likeness (QED) is 0.552. The van der Waals surface area contributed by atoms with Crippen LogP contribution >= 0.6 is 0 Å². The lowest BCUT2D eigenvalue weighted by atomic mass is 10.1. The predicted octanol–water partition coefficient (Wildman–Crippen LogP) is 3.80. The van der Waals surface area contributed by atoms with E-state index in [1.807, 2.05) is 0 Å². The molecule has 0 amide bonds. The largest absolute Gasteiger partial charge is 0.325 e. The van der Waals surface area contributed by atoms with Crippen molar-refractivity contribution in [2.75, 3.05) is 21.1 Å². The summed E-state index contributed by atoms with van der Waals surface area (Å²) >= 11 is 0. The summed E-state index contributed by atoms with van der Waals surface area (Å²) in [5.74, 6) is 0. The summed E-state index contributed by atoms with van der Waals surface area (Å²) in [5.41, 5.74) is 4.08. The van der Waals surface area contributed by atoms with E-state index in [2.05, 4.69) is 65.0 Å². The Kier molecular flexibility index (Phi) is 2.99. The summed E-state index contributed by atoms with van der Waals surface area (Å²) in [6, 6.07) is 9.82. The average molecular weight is 248 g/mol. The van der Waals surface area contributed by atoms with Crippen molar-refractivity contribution in [3.05, 3.63) is 35.4 Å². The SMILES string of the molecule is C[N+](C)(C)C1CC([Si](C)(C)C)c2ccccc21. The highest BCUT2D eigenvalue weighted by Gasteiger charge is 2.43. The highest BCUT2D eigenvalue weighted by molar-refractivity contribution is 6.77. The second kappa shape index (κ2) is 3.96. The van der Waals surface area contributed by atoms with Crippen LogP contribution in [0.5, 0.6) is 0 Å². The van der Waals surface area contributed by atoms with Gasteiger partial charge in [-0.15, -0.1) is 0 Å². The van der Waals surface area contributed by atoms with Crippen molar-refractivity contribution in [3.63, 3.8) is 0 Å². The topological polar surface area (TPSA) is 0 Å². The molecule has 2 unspecified atom stereocenters. The van der Waals surface area contributed by atoms with E-state index in [0.717, 1.165) is 10.0 Å². The smallest absolute Gasteiger partial charge is 0.115 e. The van der Waals surface area contributed by atoms with Crippen molar-refractivity contribution in [1.82, 2.24) is 0 Å². The van der Waals surface area contributed by atoms with Crippen molar-refractivity contribution in [2.24, 2.45) is 0 Å². The molecule has 1 aromatic carbocycles. The molecular formula is C15H26NSi+. The van der Waals surface area contributed by atoms with Crippen LogP contribution in [0, 0.1) is 0 Å². The number of quaternary nitrogens is 1. The lowest BCUT2D eigenvalue weighted by Gasteiger charge is -2.33. The van der Waals surface area contributed by atoms with E-state index in [9.17, 15) is 0 Å². The third kappa shape index (κ3) is 2.34. The molecule has 0 heterocycles. The van der Waals surface area contributed by atoms with E-state index in [1.165, 1.54) is 6.42 Å². The summed E-state index contributed by atoms with van der Waals surface area (Å²) in [4.78, 5) is 0. The first-order chi connectivity index (χ1) is 7.71. The van der Waals surface area contributed by atoms with Crippen molar-refractivity contribution in [1.29, 1.82) is 0 Å². The summed E-state index contributed by atoms with van der Waals surface area (Å²) in [5, 5.41) is 0. The van der Waals surface area contributed by atoms with Crippen molar-refractivity contribution >= 4 is 8.07 Å². The third-order valence-electron chi connectivity index (χ3n) is 4.17. The van der Waals surface area contributed by atoms with Crippen LogP contribution < -0.4 is 0 Å². The molecular weight excluding hydrogens is 222 g/mol. The van der Waals surface area contributed by atoms with Gasteiger partial charge in [-0.05, 0) is 11.1 Å². The summed E-state index contributed by atoms with van der Waals surface area (Å²) in [7, 11) is 5.88. The normalized spacial score (nSPS) is 24.8. The first-order valence-corrected chi connectivity index (χ1v) is 10.2. The van der Waals surface area contributed by atoms with Crippen LogP contribution in [0.3, 0.4) is 0 Å². The zero-order valence-electron chi connectivity index (χ0n) is 12.1. The Morgan fingerprint density at radius 3 is 2.00 bits per heavy atom. The average Bonchev–Trinajstić information content (AvgIpc) is 2.55. The van der Waals surface area contributed by atoms with Crippen LogP contribution in [-0.2, 0) is 0 Å². The summed E-state index contributed by atoms with van der Waals surface area (Å²) in [6.07, 6.45) is 1.35. The van der Waals surface area contributed by atoms with Gasteiger partial charge in [-0.3, -0.25) is 0 Å². The Morgan fingerprint density at radius 2 is 1.53 bits per heavy atom. The maximum Gasteiger partial charge on any atom is 0.115 e. The van der Waals surface area contributed by atoms with Gasteiger partial charge in [0.2, 0.25) is 0 Å². The molecule has 94 valence electrons. The molecule has 1 nitrogen and oxygen atoms in total. The Bertz CT molecular complexity index is 373. The molecule has 0 radical (unpaired) electrons. The van der Waals surface area contributed by atoms with Crippen LogP contribution in [0.15, 0.2) is 24.3 Å². The molecule has 0 aliphatic heterocycles. The van der Waals surface area contributed by atoms with Gasteiger partial charge in [-0.2, -0.15) is 0 Å². The molecule has 2 atom stereocenters. The second-order valence-electron chi connectivity index (χ2n) is 7.42. The van der Waals surface area contributed by atoms with Gasteiger partial charge in [0, 0.05) is 12.0 Å². The van der Waals surface area contributed by atoms with Gasteiger partial charge in [0.1, 0.15) is 6.04 Å².